The molecule has 0 aliphatic rings. The Bertz CT molecular complexity index is 488. The van der Waals surface area contributed by atoms with Crippen LogP contribution in [0.25, 0.3) is 0 Å². The number of nitrogens with one attached hydrogen (secondary N) is 1. The number of methoxy groups -OCH3 is 1. The Kier molecular flexibility index (Phi) is 7.48. The van der Waals surface area contributed by atoms with E-state index in [0.717, 1.165) is 24.1 Å². The van der Waals surface area contributed by atoms with Crippen LogP contribution in [0.5, 0.6) is 0 Å². The van der Waals surface area contributed by atoms with Gasteiger partial charge in [0.2, 0.25) is 10.0 Å². The molecular weight excluding hydrogens is 352 g/mol. The third-order valence-electron chi connectivity index (χ3n) is 2.51. The van der Waals surface area contributed by atoms with Crippen LogP contribution in [0.4, 0.5) is 0 Å². The summed E-state index contributed by atoms with van der Waals surface area (Å²) in [4.78, 5) is 1.11. The minimum absolute atomic E-state index is 0.273. The second-order valence-electron chi connectivity index (χ2n) is 4.01. The molecule has 0 radical (unpaired) electrons. The van der Waals surface area contributed by atoms with E-state index < -0.39 is 10.0 Å². The van der Waals surface area contributed by atoms with Gasteiger partial charge in [0, 0.05) is 31.7 Å². The molecule has 1 aromatic rings. The lowest BCUT2D eigenvalue weighted by Gasteiger charge is -2.05. The van der Waals surface area contributed by atoms with Gasteiger partial charge < -0.3 is 10.5 Å². The Hall–Kier alpha value is 0.01000. The van der Waals surface area contributed by atoms with Crippen molar-refractivity contribution in [2.75, 3.05) is 20.3 Å². The first kappa shape index (κ1) is 17.1. The van der Waals surface area contributed by atoms with Gasteiger partial charge in [0.15, 0.2) is 0 Å². The van der Waals surface area contributed by atoms with E-state index in [1.54, 1.807) is 13.2 Å². The van der Waals surface area contributed by atoms with E-state index in [0.29, 0.717) is 23.5 Å². The number of halogens is 1. The molecule has 0 bridgehead atoms. The molecule has 8 heteroatoms. The van der Waals surface area contributed by atoms with Crippen molar-refractivity contribution in [3.63, 3.8) is 0 Å². The van der Waals surface area contributed by atoms with Gasteiger partial charge in [0.1, 0.15) is 4.90 Å². The molecule has 0 unspecified atom stereocenters. The van der Waals surface area contributed by atoms with E-state index in [1.807, 2.05) is 0 Å². The quantitative estimate of drug-likeness (QED) is 0.651. The van der Waals surface area contributed by atoms with E-state index in [1.165, 1.54) is 11.3 Å². The van der Waals surface area contributed by atoms with Crippen molar-refractivity contribution < 1.29 is 13.2 Å². The summed E-state index contributed by atoms with van der Waals surface area (Å²) < 4.78 is 32.3. The first-order valence-electron chi connectivity index (χ1n) is 5.98. The lowest BCUT2D eigenvalue weighted by Crippen LogP contribution is -2.24. The molecule has 0 aliphatic carbocycles. The molecule has 5 nitrogen and oxygen atoms in total. The van der Waals surface area contributed by atoms with Crippen molar-refractivity contribution in [3.8, 4) is 0 Å². The molecule has 0 spiro atoms. The van der Waals surface area contributed by atoms with Gasteiger partial charge in [0.25, 0.3) is 0 Å². The Balaban J connectivity index is 2.49. The summed E-state index contributed by atoms with van der Waals surface area (Å²) in [7, 11) is -1.79. The van der Waals surface area contributed by atoms with E-state index in [9.17, 15) is 8.42 Å². The molecule has 0 aromatic carbocycles. The standard InChI is InChI=1S/C11H19BrN2O3S2/c1-17-6-4-2-3-5-14-19(15,16)10-7-9(8-13)18-11(10)12/h7,14H,2-6,8,13H2,1H3. The minimum atomic E-state index is -3.45. The third-order valence-corrected chi connectivity index (χ3v) is 6.25. The molecule has 0 aliphatic heterocycles. The molecule has 3 N–H and O–H groups in total. The second-order valence-corrected chi connectivity index (χ2v) is 8.20. The summed E-state index contributed by atoms with van der Waals surface area (Å²) >= 11 is 4.61. The SMILES string of the molecule is COCCCCCNS(=O)(=O)c1cc(CN)sc1Br. The van der Waals surface area contributed by atoms with Crippen LogP contribution >= 0.6 is 27.3 Å². The van der Waals surface area contributed by atoms with Gasteiger partial charge in [-0.3, -0.25) is 0 Å². The van der Waals surface area contributed by atoms with Crippen molar-refractivity contribution >= 4 is 37.3 Å². The number of unbranched alkanes of at least 4 members (excludes halogenated alkanes) is 2. The van der Waals surface area contributed by atoms with Crippen molar-refractivity contribution in [3.05, 3.63) is 14.7 Å². The number of nitrogens with two attached hydrogens (primary N) is 1. The van der Waals surface area contributed by atoms with Crippen LogP contribution in [0.1, 0.15) is 24.1 Å². The van der Waals surface area contributed by atoms with E-state index in [4.69, 9.17) is 10.5 Å². The zero-order valence-electron chi connectivity index (χ0n) is 10.8. The van der Waals surface area contributed by atoms with Crippen LogP contribution in [-0.4, -0.2) is 28.7 Å². The number of rotatable bonds is 9. The second kappa shape index (κ2) is 8.33. The lowest BCUT2D eigenvalue weighted by molar-refractivity contribution is 0.192. The Morgan fingerprint density at radius 2 is 2.16 bits per heavy atom. The summed E-state index contributed by atoms with van der Waals surface area (Å²) in [6.45, 7) is 1.49. The highest BCUT2D eigenvalue weighted by Gasteiger charge is 2.19. The van der Waals surface area contributed by atoms with Crippen LogP contribution in [0.3, 0.4) is 0 Å². The van der Waals surface area contributed by atoms with E-state index in [2.05, 4.69) is 20.7 Å². The van der Waals surface area contributed by atoms with Gasteiger partial charge >= 0.3 is 0 Å². The molecule has 0 amide bonds. The first-order chi connectivity index (χ1) is 9.01. The highest BCUT2D eigenvalue weighted by Crippen LogP contribution is 2.31. The van der Waals surface area contributed by atoms with Gasteiger partial charge in [-0.15, -0.1) is 11.3 Å². The van der Waals surface area contributed by atoms with Crippen molar-refractivity contribution in [2.45, 2.75) is 30.7 Å². The minimum Gasteiger partial charge on any atom is -0.385 e. The maximum Gasteiger partial charge on any atom is 0.242 e. The van der Waals surface area contributed by atoms with Crippen LogP contribution in [0, 0.1) is 0 Å². The molecule has 0 fully saturated rings. The highest BCUT2D eigenvalue weighted by molar-refractivity contribution is 9.11. The number of ether oxygens (including phenoxy) is 1. The molecule has 1 rings (SSSR count). The van der Waals surface area contributed by atoms with Crippen molar-refractivity contribution in [1.29, 1.82) is 0 Å². The van der Waals surface area contributed by atoms with E-state index >= 15 is 0 Å². The summed E-state index contributed by atoms with van der Waals surface area (Å²) in [6.07, 6.45) is 2.68. The molecule has 110 valence electrons. The number of sulfonamides is 1. The fourth-order valence-electron chi connectivity index (χ4n) is 1.51. The average molecular weight is 371 g/mol. The van der Waals surface area contributed by atoms with Crippen LogP contribution in [0.15, 0.2) is 14.7 Å². The monoisotopic (exact) mass is 370 g/mol. The maximum atomic E-state index is 12.1. The fourth-order valence-corrected chi connectivity index (χ4v) is 5.15. The van der Waals surface area contributed by atoms with Crippen LogP contribution < -0.4 is 10.5 Å². The van der Waals surface area contributed by atoms with Gasteiger partial charge in [-0.05, 0) is 41.3 Å². The largest absolute Gasteiger partial charge is 0.385 e. The summed E-state index contributed by atoms with van der Waals surface area (Å²) in [5.74, 6) is 0. The highest BCUT2D eigenvalue weighted by atomic mass is 79.9. The fraction of sp³-hybridized carbons (Fsp3) is 0.636. The molecule has 0 saturated heterocycles. The smallest absolute Gasteiger partial charge is 0.242 e. The predicted molar refractivity (Wildman–Crippen MR) is 80.8 cm³/mol. The number of hydrogen-bond donors (Lipinski definition) is 2. The van der Waals surface area contributed by atoms with E-state index in [-0.39, 0.29) is 4.90 Å². The van der Waals surface area contributed by atoms with Crippen molar-refractivity contribution in [1.82, 2.24) is 4.72 Å². The zero-order valence-corrected chi connectivity index (χ0v) is 14.0. The Labute approximate surface area is 126 Å². The molecule has 19 heavy (non-hydrogen) atoms. The summed E-state index contributed by atoms with van der Waals surface area (Å²) in [5, 5.41) is 0. The Morgan fingerprint density at radius 1 is 1.42 bits per heavy atom. The Morgan fingerprint density at radius 3 is 2.74 bits per heavy atom. The summed E-state index contributed by atoms with van der Waals surface area (Å²) in [6, 6.07) is 1.61. The van der Waals surface area contributed by atoms with Gasteiger partial charge in [-0.2, -0.15) is 0 Å². The normalized spacial score (nSPS) is 11.9. The van der Waals surface area contributed by atoms with Gasteiger partial charge in [-0.25, -0.2) is 13.1 Å². The van der Waals surface area contributed by atoms with Gasteiger partial charge in [-0.1, -0.05) is 0 Å². The lowest BCUT2D eigenvalue weighted by atomic mass is 10.2. The van der Waals surface area contributed by atoms with Crippen LogP contribution in [-0.2, 0) is 21.3 Å². The topological polar surface area (TPSA) is 81.4 Å². The zero-order chi connectivity index (χ0) is 14.3. The molecule has 1 heterocycles. The molecule has 1 aromatic heterocycles. The first-order valence-corrected chi connectivity index (χ1v) is 9.07. The maximum absolute atomic E-state index is 12.1. The number of hydrogen-bond acceptors (Lipinski definition) is 5. The average Bonchev–Trinajstić information content (AvgIpc) is 2.76. The molecular formula is C11H19BrN2O3S2. The predicted octanol–water partition coefficient (Wildman–Crippen LogP) is 2.06. The number of thiophene rings is 1. The van der Waals surface area contributed by atoms with Crippen LogP contribution in [0.2, 0.25) is 0 Å². The third kappa shape index (κ3) is 5.49. The summed E-state index contributed by atoms with van der Waals surface area (Å²) in [5.41, 5.74) is 5.51. The molecule has 0 atom stereocenters. The van der Waals surface area contributed by atoms with Crippen molar-refractivity contribution in [2.24, 2.45) is 5.73 Å². The van der Waals surface area contributed by atoms with Gasteiger partial charge in [0.05, 0.1) is 3.79 Å². The molecule has 0 saturated carbocycles.